The molecule has 1 unspecified atom stereocenters. The van der Waals surface area contributed by atoms with Crippen molar-refractivity contribution in [1.29, 1.82) is 0 Å². The fraction of sp³-hybridized carbons (Fsp3) is 0.545. The first-order valence-electron chi connectivity index (χ1n) is 6.06. The van der Waals surface area contributed by atoms with Gasteiger partial charge in [0.15, 0.2) is 0 Å². The van der Waals surface area contributed by atoms with E-state index in [1.54, 1.807) is 26.0 Å². The fourth-order valence-corrected chi connectivity index (χ4v) is 5.28. The Morgan fingerprint density at radius 1 is 1.33 bits per heavy atom. The van der Waals surface area contributed by atoms with Crippen molar-refractivity contribution in [2.45, 2.75) is 19.5 Å². The van der Waals surface area contributed by atoms with Gasteiger partial charge >= 0.3 is 26.5 Å². The van der Waals surface area contributed by atoms with E-state index in [1.807, 2.05) is 0 Å². The summed E-state index contributed by atoms with van der Waals surface area (Å²) in [7, 11) is -8.08. The third kappa shape index (κ3) is 6.62. The second kappa shape index (κ2) is 9.06. The monoisotopic (exact) mass is 331 g/mol. The van der Waals surface area contributed by atoms with E-state index >= 15 is 0 Å². The molecule has 0 fully saturated rings. The summed E-state index contributed by atoms with van der Waals surface area (Å²) in [6.07, 6.45) is 2.88. The first-order chi connectivity index (χ1) is 9.32. The molecule has 1 aromatic heterocycles. The second-order valence-electron chi connectivity index (χ2n) is 3.93. The number of pyridine rings is 1. The molecule has 1 heterocycles. The molecule has 0 radical (unpaired) electrons. The van der Waals surface area contributed by atoms with E-state index in [4.69, 9.17) is 13.6 Å². The molecule has 21 heavy (non-hydrogen) atoms. The Labute approximate surface area is 136 Å². The summed E-state index contributed by atoms with van der Waals surface area (Å²) < 4.78 is 54.5. The normalized spacial score (nSPS) is 13.5. The number of hydrogen-bond donors (Lipinski definition) is 1. The van der Waals surface area contributed by atoms with Gasteiger partial charge in [-0.25, -0.2) is 0 Å². The van der Waals surface area contributed by atoms with E-state index in [2.05, 4.69) is 4.98 Å². The van der Waals surface area contributed by atoms with E-state index in [0.717, 1.165) is 0 Å². The molecule has 0 bridgehead atoms. The first-order valence-corrected chi connectivity index (χ1v) is 9.28. The Bertz CT molecular complexity index is 557. The molecule has 0 saturated heterocycles. The predicted octanol–water partition coefficient (Wildman–Crippen LogP) is 1.63. The molecule has 0 aliphatic rings. The summed E-state index contributed by atoms with van der Waals surface area (Å²) in [5.74, 6) is -0.754. The maximum atomic E-state index is 12.7. The number of aromatic nitrogens is 1. The van der Waals surface area contributed by atoms with E-state index < -0.39 is 29.1 Å². The van der Waals surface area contributed by atoms with Crippen LogP contribution in [0.1, 0.15) is 25.1 Å². The summed E-state index contributed by atoms with van der Waals surface area (Å²) in [5.41, 5.74) is -0.749. The van der Waals surface area contributed by atoms with Crippen molar-refractivity contribution in [3.05, 3.63) is 30.1 Å². The van der Waals surface area contributed by atoms with E-state index in [9.17, 15) is 13.0 Å². The fourth-order valence-electron chi connectivity index (χ4n) is 1.72. The van der Waals surface area contributed by atoms with Crippen LogP contribution in [0, 0.1) is 0 Å². The van der Waals surface area contributed by atoms with Crippen LogP contribution in [0.15, 0.2) is 24.5 Å². The topological polar surface area (TPSA) is 103 Å². The summed E-state index contributed by atoms with van der Waals surface area (Å²) in [6, 6.07) is 3.14. The summed E-state index contributed by atoms with van der Waals surface area (Å²) >= 11 is 0. The Kier molecular flexibility index (Phi) is 8.98. The Balaban J connectivity index is 0.00000400. The molecule has 1 rings (SSSR count). The SMILES string of the molecule is CCOP(=O)(OCC)C(CS(=O)(=O)O)c1cccnc1.[LiH]. The minimum absolute atomic E-state index is 0. The molecule has 116 valence electrons. The molecule has 1 aromatic rings. The van der Waals surface area contributed by atoms with Gasteiger partial charge in [0.1, 0.15) is 5.66 Å². The Hall–Kier alpha value is -0.193. The van der Waals surface area contributed by atoms with Gasteiger partial charge in [0.25, 0.3) is 10.1 Å². The molecule has 10 heteroatoms. The molecule has 0 aliphatic heterocycles. The van der Waals surface area contributed by atoms with Crippen LogP contribution in [0.25, 0.3) is 0 Å². The van der Waals surface area contributed by atoms with Crippen LogP contribution < -0.4 is 0 Å². The van der Waals surface area contributed by atoms with Crippen molar-refractivity contribution >= 4 is 36.6 Å². The average molecular weight is 331 g/mol. The molecule has 1 N–H and O–H groups in total. The van der Waals surface area contributed by atoms with Crippen molar-refractivity contribution in [3.8, 4) is 0 Å². The zero-order valence-corrected chi connectivity index (χ0v) is 13.0. The van der Waals surface area contributed by atoms with Gasteiger partial charge in [-0.2, -0.15) is 8.42 Å². The standard InChI is InChI=1S/C11H18NO6PS.Li.H/c1-3-17-19(13,18-4-2)11(9-20(14,15)16)10-6-5-7-12-8-10;;/h5-8,11H,3-4,9H2,1-2H3,(H,14,15,16);;. The molecule has 0 saturated carbocycles. The second-order valence-corrected chi connectivity index (χ2v) is 7.64. The van der Waals surface area contributed by atoms with Crippen molar-refractivity contribution in [2.75, 3.05) is 19.0 Å². The van der Waals surface area contributed by atoms with Gasteiger partial charge in [0, 0.05) is 12.4 Å². The average Bonchev–Trinajstić information content (AvgIpc) is 2.36. The van der Waals surface area contributed by atoms with Crippen LogP contribution in [-0.2, 0) is 23.7 Å². The zero-order valence-electron chi connectivity index (χ0n) is 11.3. The van der Waals surface area contributed by atoms with Crippen LogP contribution in [0.5, 0.6) is 0 Å². The number of hydrogen-bond acceptors (Lipinski definition) is 6. The molecule has 0 spiro atoms. The van der Waals surface area contributed by atoms with Gasteiger partial charge in [0.05, 0.1) is 19.0 Å². The van der Waals surface area contributed by atoms with Crippen LogP contribution in [-0.4, -0.2) is 55.8 Å². The van der Waals surface area contributed by atoms with Gasteiger partial charge in [0.2, 0.25) is 0 Å². The van der Waals surface area contributed by atoms with Crippen molar-refractivity contribution in [1.82, 2.24) is 4.98 Å². The maximum absolute atomic E-state index is 12.7. The minimum atomic E-state index is -4.35. The Morgan fingerprint density at radius 2 is 1.90 bits per heavy atom. The van der Waals surface area contributed by atoms with Gasteiger partial charge in [-0.1, -0.05) is 6.07 Å². The molecule has 0 amide bonds. The van der Waals surface area contributed by atoms with Crippen molar-refractivity contribution in [2.24, 2.45) is 0 Å². The van der Waals surface area contributed by atoms with Gasteiger partial charge in [-0.15, -0.1) is 0 Å². The van der Waals surface area contributed by atoms with Gasteiger partial charge in [-0.3, -0.25) is 14.1 Å². The molecule has 1 atom stereocenters. The van der Waals surface area contributed by atoms with Crippen LogP contribution in [0.3, 0.4) is 0 Å². The van der Waals surface area contributed by atoms with Crippen molar-refractivity contribution < 1.29 is 26.6 Å². The third-order valence-electron chi connectivity index (χ3n) is 2.44. The quantitative estimate of drug-likeness (QED) is 0.439. The summed E-state index contributed by atoms with van der Waals surface area (Å²) in [6.45, 7) is 3.44. The van der Waals surface area contributed by atoms with E-state index in [0.29, 0.717) is 5.56 Å². The zero-order chi connectivity index (χ0) is 15.2. The molecular weight excluding hydrogens is 312 g/mol. The Morgan fingerprint density at radius 3 is 2.29 bits per heavy atom. The van der Waals surface area contributed by atoms with Crippen LogP contribution in [0.4, 0.5) is 0 Å². The molecular formula is C11H19LiNO6PS. The van der Waals surface area contributed by atoms with E-state index in [1.165, 1.54) is 12.4 Å². The van der Waals surface area contributed by atoms with Crippen LogP contribution in [0.2, 0.25) is 0 Å². The molecule has 7 nitrogen and oxygen atoms in total. The number of rotatable bonds is 8. The van der Waals surface area contributed by atoms with Crippen molar-refractivity contribution in [3.63, 3.8) is 0 Å². The van der Waals surface area contributed by atoms with E-state index in [-0.39, 0.29) is 32.1 Å². The van der Waals surface area contributed by atoms with Gasteiger partial charge in [-0.05, 0) is 25.5 Å². The predicted molar refractivity (Wildman–Crippen MR) is 81.4 cm³/mol. The first kappa shape index (κ1) is 20.8. The summed E-state index contributed by atoms with van der Waals surface area (Å²) in [5, 5.41) is 0. The third-order valence-corrected chi connectivity index (χ3v) is 5.92. The van der Waals surface area contributed by atoms with Crippen LogP contribution >= 0.6 is 7.60 Å². The summed E-state index contributed by atoms with van der Waals surface area (Å²) in [4.78, 5) is 3.86. The van der Waals surface area contributed by atoms with Gasteiger partial charge < -0.3 is 9.05 Å². The number of nitrogens with zero attached hydrogens (tertiary/aromatic N) is 1. The molecule has 0 aliphatic carbocycles. The molecule has 0 aromatic carbocycles.